The van der Waals surface area contributed by atoms with E-state index in [2.05, 4.69) is 0 Å². The summed E-state index contributed by atoms with van der Waals surface area (Å²) in [6.07, 6.45) is 1.21. The van der Waals surface area contributed by atoms with E-state index in [4.69, 9.17) is 9.47 Å². The van der Waals surface area contributed by atoms with E-state index in [0.717, 1.165) is 5.56 Å². The fraction of sp³-hybridized carbons (Fsp3) is 0.462. The third-order valence-electron chi connectivity index (χ3n) is 3.62. The van der Waals surface area contributed by atoms with Crippen molar-refractivity contribution in [1.29, 1.82) is 0 Å². The van der Waals surface area contributed by atoms with Crippen LogP contribution in [0, 0.1) is 0 Å². The van der Waals surface area contributed by atoms with Gasteiger partial charge < -0.3 is 19.7 Å². The molecule has 0 saturated heterocycles. The lowest BCUT2D eigenvalue weighted by molar-refractivity contribution is -0.138. The van der Waals surface area contributed by atoms with E-state index in [1.54, 1.807) is 6.92 Å². The number of aromatic hydroxyl groups is 1. The van der Waals surface area contributed by atoms with Gasteiger partial charge in [0.15, 0.2) is 11.5 Å². The molecule has 18 heavy (non-hydrogen) atoms. The molecule has 0 bridgehead atoms. The van der Waals surface area contributed by atoms with Crippen LogP contribution in [0.1, 0.15) is 29.5 Å². The molecule has 0 aliphatic carbocycles. The summed E-state index contributed by atoms with van der Waals surface area (Å²) in [5.74, 6) is -0.439. The van der Waals surface area contributed by atoms with Gasteiger partial charge in [-0.1, -0.05) is 0 Å². The van der Waals surface area contributed by atoms with E-state index in [-0.39, 0.29) is 5.75 Å². The smallest absolute Gasteiger partial charge is 0.310 e. The van der Waals surface area contributed by atoms with Crippen LogP contribution in [-0.4, -0.2) is 29.4 Å². The molecule has 3 rings (SSSR count). The van der Waals surface area contributed by atoms with Gasteiger partial charge in [-0.25, -0.2) is 0 Å². The number of aliphatic carboxylic acids is 1. The van der Waals surface area contributed by atoms with E-state index >= 15 is 0 Å². The zero-order valence-corrected chi connectivity index (χ0v) is 10.0. The van der Waals surface area contributed by atoms with Crippen molar-refractivity contribution in [3.63, 3.8) is 0 Å². The molecule has 0 saturated carbocycles. The Balaban J connectivity index is 2.27. The third-order valence-corrected chi connectivity index (χ3v) is 3.62. The number of carboxylic acid groups (broad SMARTS) is 1. The van der Waals surface area contributed by atoms with Crippen molar-refractivity contribution in [2.75, 3.05) is 13.2 Å². The monoisotopic (exact) mass is 250 g/mol. The first kappa shape index (κ1) is 11.2. The lowest BCUT2D eigenvalue weighted by Crippen LogP contribution is -2.11. The minimum absolute atomic E-state index is 0.122. The van der Waals surface area contributed by atoms with Crippen molar-refractivity contribution in [1.82, 2.24) is 0 Å². The van der Waals surface area contributed by atoms with Gasteiger partial charge in [0.1, 0.15) is 5.75 Å². The molecule has 0 radical (unpaired) electrons. The quantitative estimate of drug-likeness (QED) is 0.830. The minimum atomic E-state index is -0.896. The summed E-state index contributed by atoms with van der Waals surface area (Å²) in [5.41, 5.74) is 2.13. The lowest BCUT2D eigenvalue weighted by atomic mass is 9.90. The average molecular weight is 250 g/mol. The zero-order chi connectivity index (χ0) is 12.9. The van der Waals surface area contributed by atoms with Crippen LogP contribution in [0.5, 0.6) is 17.2 Å². The highest BCUT2D eigenvalue weighted by atomic mass is 16.5. The van der Waals surface area contributed by atoms with Crippen LogP contribution >= 0.6 is 0 Å². The maximum Gasteiger partial charge on any atom is 0.310 e. The highest BCUT2D eigenvalue weighted by Crippen LogP contribution is 2.50. The summed E-state index contributed by atoms with van der Waals surface area (Å²) in [6.45, 7) is 2.59. The SMILES string of the molecule is CC(C(=O)O)c1c2c(c(O)c3c1OCC3)OCC2. The number of hydrogen-bond acceptors (Lipinski definition) is 4. The summed E-state index contributed by atoms with van der Waals surface area (Å²) in [7, 11) is 0. The van der Waals surface area contributed by atoms with Crippen molar-refractivity contribution in [2.45, 2.75) is 25.7 Å². The topological polar surface area (TPSA) is 76.0 Å². The van der Waals surface area contributed by atoms with Crippen molar-refractivity contribution < 1.29 is 24.5 Å². The lowest BCUT2D eigenvalue weighted by Gasteiger charge is -2.17. The van der Waals surface area contributed by atoms with Gasteiger partial charge in [-0.3, -0.25) is 4.79 Å². The Bertz CT molecular complexity index is 500. The number of fused-ring (bicyclic) bond motifs is 2. The standard InChI is InChI=1S/C13H14O5/c1-6(13(15)16)9-7-2-4-18-12(7)10(14)8-3-5-17-11(8)9/h6,14H,2-5H2,1H3,(H,15,16). The zero-order valence-electron chi connectivity index (χ0n) is 10.0. The molecule has 2 N–H and O–H groups in total. The average Bonchev–Trinajstić information content (AvgIpc) is 2.96. The Kier molecular flexibility index (Phi) is 2.36. The van der Waals surface area contributed by atoms with Crippen LogP contribution in [0.2, 0.25) is 0 Å². The van der Waals surface area contributed by atoms with E-state index in [1.807, 2.05) is 0 Å². The van der Waals surface area contributed by atoms with Crippen LogP contribution in [0.3, 0.4) is 0 Å². The molecule has 0 fully saturated rings. The van der Waals surface area contributed by atoms with Crippen LogP contribution in [0.15, 0.2) is 0 Å². The second kappa shape index (κ2) is 3.80. The number of carbonyl (C=O) groups is 1. The molecule has 2 aliphatic rings. The first-order valence-corrected chi connectivity index (χ1v) is 6.00. The largest absolute Gasteiger partial charge is 0.504 e. The first-order valence-electron chi connectivity index (χ1n) is 6.00. The summed E-state index contributed by atoms with van der Waals surface area (Å²) in [4.78, 5) is 11.2. The predicted octanol–water partition coefficient (Wildman–Crippen LogP) is 1.45. The van der Waals surface area contributed by atoms with Crippen LogP contribution in [-0.2, 0) is 17.6 Å². The molecular weight excluding hydrogens is 236 g/mol. The number of benzene rings is 1. The molecule has 96 valence electrons. The maximum absolute atomic E-state index is 11.2. The fourth-order valence-electron chi connectivity index (χ4n) is 2.70. The van der Waals surface area contributed by atoms with Gasteiger partial charge >= 0.3 is 5.97 Å². The number of phenols is 1. The molecule has 1 atom stereocenters. The van der Waals surface area contributed by atoms with E-state index in [9.17, 15) is 15.0 Å². The van der Waals surface area contributed by atoms with Gasteiger partial charge in [0.25, 0.3) is 0 Å². The molecule has 1 unspecified atom stereocenters. The second-order valence-electron chi connectivity index (χ2n) is 4.63. The van der Waals surface area contributed by atoms with Crippen molar-refractivity contribution >= 4 is 5.97 Å². The molecule has 1 aromatic carbocycles. The first-order chi connectivity index (χ1) is 8.61. The number of carboxylic acids is 1. The normalized spacial score (nSPS) is 17.6. The van der Waals surface area contributed by atoms with Gasteiger partial charge in [0.05, 0.1) is 19.1 Å². The summed E-state index contributed by atoms with van der Waals surface area (Å²) < 4.78 is 11.0. The molecule has 0 spiro atoms. The Morgan fingerprint density at radius 3 is 2.44 bits per heavy atom. The van der Waals surface area contributed by atoms with Gasteiger partial charge in [-0.05, 0) is 6.92 Å². The maximum atomic E-state index is 11.2. The van der Waals surface area contributed by atoms with Crippen molar-refractivity contribution in [3.05, 3.63) is 16.7 Å². The highest BCUT2D eigenvalue weighted by molar-refractivity contribution is 5.80. The second-order valence-corrected chi connectivity index (χ2v) is 4.63. The minimum Gasteiger partial charge on any atom is -0.504 e. The molecule has 2 aliphatic heterocycles. The number of phenolic OH excluding ortho intramolecular Hbond substituents is 1. The van der Waals surface area contributed by atoms with Gasteiger partial charge in [0.2, 0.25) is 0 Å². The number of ether oxygens (including phenoxy) is 2. The molecule has 2 heterocycles. The van der Waals surface area contributed by atoms with E-state index in [0.29, 0.717) is 48.7 Å². The van der Waals surface area contributed by atoms with Gasteiger partial charge in [-0.15, -0.1) is 0 Å². The van der Waals surface area contributed by atoms with E-state index < -0.39 is 11.9 Å². The predicted molar refractivity (Wildman–Crippen MR) is 62.6 cm³/mol. The van der Waals surface area contributed by atoms with Crippen molar-refractivity contribution in [2.24, 2.45) is 0 Å². The number of rotatable bonds is 2. The molecule has 5 nitrogen and oxygen atoms in total. The van der Waals surface area contributed by atoms with Crippen molar-refractivity contribution in [3.8, 4) is 17.2 Å². The van der Waals surface area contributed by atoms with Gasteiger partial charge in [0, 0.05) is 29.5 Å². The summed E-state index contributed by atoms with van der Waals surface area (Å²) >= 11 is 0. The Morgan fingerprint density at radius 2 is 1.78 bits per heavy atom. The Morgan fingerprint density at radius 1 is 1.17 bits per heavy atom. The fourth-order valence-corrected chi connectivity index (χ4v) is 2.70. The summed E-state index contributed by atoms with van der Waals surface area (Å²) in [6, 6.07) is 0. The Labute approximate surface area is 104 Å². The summed E-state index contributed by atoms with van der Waals surface area (Å²) in [5, 5.41) is 19.3. The molecule has 0 amide bonds. The number of hydrogen-bond donors (Lipinski definition) is 2. The van der Waals surface area contributed by atoms with Crippen LogP contribution < -0.4 is 9.47 Å². The van der Waals surface area contributed by atoms with E-state index in [1.165, 1.54) is 0 Å². The third kappa shape index (κ3) is 1.36. The highest BCUT2D eigenvalue weighted by Gasteiger charge is 2.35. The van der Waals surface area contributed by atoms with Crippen LogP contribution in [0.25, 0.3) is 0 Å². The molecule has 1 aromatic rings. The molecule has 0 aromatic heterocycles. The van der Waals surface area contributed by atoms with Crippen LogP contribution in [0.4, 0.5) is 0 Å². The van der Waals surface area contributed by atoms with Gasteiger partial charge in [-0.2, -0.15) is 0 Å². The molecular formula is C13H14O5. The Hall–Kier alpha value is -1.91. The molecule has 5 heteroatoms.